The number of fused-ring (bicyclic) bond motifs is 2. The van der Waals surface area contributed by atoms with Crippen LogP contribution in [0.1, 0.15) is 145 Å². The number of carbonyl (C=O) groups excluding carboxylic acids is 3. The first-order valence-corrected chi connectivity index (χ1v) is 28.0. The molecule has 12 N–H and O–H groups in total. The Morgan fingerprint density at radius 1 is 0.800 bits per heavy atom. The summed E-state index contributed by atoms with van der Waals surface area (Å²) < 4.78 is 36.8. The van der Waals surface area contributed by atoms with Crippen molar-refractivity contribution in [2.75, 3.05) is 26.4 Å². The fourth-order valence-corrected chi connectivity index (χ4v) is 14.9. The number of rotatable bonds is 18. The first-order valence-electron chi connectivity index (χ1n) is 28.0. The zero-order chi connectivity index (χ0) is 55.0. The average molecular weight is 1070 g/mol. The van der Waals surface area contributed by atoms with Crippen molar-refractivity contribution in [2.24, 2.45) is 56.5 Å². The molecule has 3 heterocycles. The number of aldehydes is 1. The number of allylic oxidation sites excluding steroid dienone is 2. The van der Waals surface area contributed by atoms with Crippen LogP contribution in [0.3, 0.4) is 0 Å². The Hall–Kier alpha value is -2.25. The number of hydrogen-bond acceptors (Lipinski definition) is 19. The largest absolute Gasteiger partial charge is 0.432 e. The first-order chi connectivity index (χ1) is 35.4. The van der Waals surface area contributed by atoms with Gasteiger partial charge in [0, 0.05) is 6.42 Å². The molecule has 4 aliphatic carbocycles. The summed E-state index contributed by atoms with van der Waals surface area (Å²) in [4.78, 5) is 41.7. The summed E-state index contributed by atoms with van der Waals surface area (Å²) in [6.07, 6.45) is -8.21. The van der Waals surface area contributed by atoms with Gasteiger partial charge in [0.25, 0.3) is 0 Å². The van der Waals surface area contributed by atoms with E-state index in [-0.39, 0.29) is 54.0 Å². The lowest BCUT2D eigenvalue weighted by atomic mass is 9.42. The van der Waals surface area contributed by atoms with Crippen LogP contribution in [-0.2, 0) is 42.8 Å². The Morgan fingerprint density at radius 3 is 2.19 bits per heavy atom. The quantitative estimate of drug-likeness (QED) is 0.0402. The summed E-state index contributed by atoms with van der Waals surface area (Å²) in [5.41, 5.74) is 3.75. The molecule has 75 heavy (non-hydrogen) atoms. The fourth-order valence-electron chi connectivity index (χ4n) is 14.9. The smallest absolute Gasteiger partial charge is 0.317 e. The molecule has 0 aromatic rings. The molecular weight excluding hydrogens is 977 g/mol. The van der Waals surface area contributed by atoms with Crippen LogP contribution < -0.4 is 11.1 Å². The van der Waals surface area contributed by atoms with E-state index in [0.29, 0.717) is 57.9 Å². The minimum absolute atomic E-state index is 0.0212. The topological polar surface area (TPSA) is 327 Å². The fraction of sp³-hybridized carbons (Fsp3) is 0.909. The molecule has 3 aliphatic heterocycles. The zero-order valence-corrected chi connectivity index (χ0v) is 45.3. The third kappa shape index (κ3) is 11.7. The second kappa shape index (κ2) is 24.2. The van der Waals surface area contributed by atoms with Gasteiger partial charge in [-0.1, -0.05) is 66.0 Å². The molecule has 430 valence electrons. The maximum atomic E-state index is 15.5. The van der Waals surface area contributed by atoms with Crippen LogP contribution in [-0.4, -0.2) is 183 Å². The molecule has 0 bridgehead atoms. The van der Waals surface area contributed by atoms with Gasteiger partial charge < -0.3 is 90.2 Å². The molecule has 20 heteroatoms. The molecule has 0 aromatic heterocycles. The SMILES string of the molecule is CCC1(C)CCC2C(C)(CC[C@H](O)C2(C)C=O)C1C/C=C1\CCC(O)[C@@]2(C(=O)O[C@@H]3OC(CO)[C@H](NC(=O)CCCCCN)C(O)C3O[C@@H]3OC(C)[C@H](O[C@@H]4OC[C@@H](O)C(O)C4O)C(O)C3CO)CCC(C)(C)CC12. The second-order valence-corrected chi connectivity index (χ2v) is 25.0. The lowest BCUT2D eigenvalue weighted by molar-refractivity contribution is -0.365. The predicted octanol–water partition coefficient (Wildman–Crippen LogP) is 1.63. The third-order valence-corrected chi connectivity index (χ3v) is 20.0. The van der Waals surface area contributed by atoms with Gasteiger partial charge in [-0.2, -0.15) is 0 Å². The summed E-state index contributed by atoms with van der Waals surface area (Å²) in [6, 6.07) is -1.32. The highest BCUT2D eigenvalue weighted by molar-refractivity contribution is 5.79. The molecular formula is C55H92N2O18. The number of nitrogens with two attached hydrogens (primary N) is 1. The Balaban J connectivity index is 1.19. The van der Waals surface area contributed by atoms with Crippen LogP contribution in [0.15, 0.2) is 11.6 Å². The molecule has 0 aromatic carbocycles. The number of nitrogens with one attached hydrogen (secondary N) is 1. The zero-order valence-electron chi connectivity index (χ0n) is 45.3. The van der Waals surface area contributed by atoms with Crippen molar-refractivity contribution >= 4 is 18.2 Å². The van der Waals surface area contributed by atoms with Gasteiger partial charge >= 0.3 is 5.97 Å². The molecule has 1 amide bonds. The van der Waals surface area contributed by atoms with Gasteiger partial charge in [0.2, 0.25) is 12.2 Å². The number of unbranched alkanes of at least 4 members (excludes halogenated alkanes) is 2. The minimum atomic E-state index is -1.80. The standard InChI is InChI=1S/C55H92N2O18/c1-8-52(5)19-17-36-53(6,20-18-37(62)54(36,7)28-60)35(52)15-13-30-14-16-38(63)55(22-21-51(3,4)24-32(30)55)50(69)75-49-46(43(67)40(34(26-59)72-49)57-39(64)12-10-9-11-23-56)74-47-31(25-58)41(65)45(29(2)71-47)73-48-44(68)42(66)33(61)27-70-48/h13,28-29,31-38,40-49,58-59,61-63,65-68H,8-12,14-27,56H2,1-7H3,(H,57,64)/b30-13+/t29?,31?,32?,33-,34?,35?,36?,37+,38?,40+,41?,42?,43?,44?,45+,46?,47+,48+,49+,52?,53?,54?,55-/m1/s1. The van der Waals surface area contributed by atoms with Crippen molar-refractivity contribution in [3.63, 3.8) is 0 Å². The van der Waals surface area contributed by atoms with Gasteiger partial charge in [0.15, 0.2) is 18.7 Å². The Kier molecular flexibility index (Phi) is 19.5. The Labute approximate surface area is 442 Å². The first kappa shape index (κ1) is 60.4. The van der Waals surface area contributed by atoms with Gasteiger partial charge in [-0.15, -0.1) is 0 Å². The van der Waals surface area contributed by atoms with Crippen molar-refractivity contribution in [3.8, 4) is 0 Å². The highest BCUT2D eigenvalue weighted by Crippen LogP contribution is 2.66. The molecule has 4 saturated carbocycles. The van der Waals surface area contributed by atoms with Gasteiger partial charge in [-0.25, -0.2) is 0 Å². The number of esters is 1. The van der Waals surface area contributed by atoms with E-state index in [1.165, 1.54) is 6.92 Å². The lowest BCUT2D eigenvalue weighted by Gasteiger charge is -2.63. The van der Waals surface area contributed by atoms with Crippen molar-refractivity contribution in [3.05, 3.63) is 11.6 Å². The normalized spacial score (nSPS) is 47.5. The number of ether oxygens (including phenoxy) is 6. The van der Waals surface area contributed by atoms with Crippen molar-refractivity contribution in [1.29, 1.82) is 0 Å². The minimum Gasteiger partial charge on any atom is -0.432 e. The average Bonchev–Trinajstić information content (AvgIpc) is 3.38. The van der Waals surface area contributed by atoms with Crippen LogP contribution in [0.25, 0.3) is 0 Å². The van der Waals surface area contributed by atoms with Crippen LogP contribution in [0.5, 0.6) is 0 Å². The molecule has 0 spiro atoms. The summed E-state index contributed by atoms with van der Waals surface area (Å²) in [7, 11) is 0. The summed E-state index contributed by atoms with van der Waals surface area (Å²) in [6.45, 7) is 13.1. The monoisotopic (exact) mass is 1070 g/mol. The molecule has 15 unspecified atom stereocenters. The van der Waals surface area contributed by atoms with Crippen molar-refractivity contribution in [1.82, 2.24) is 5.32 Å². The van der Waals surface area contributed by atoms with E-state index >= 15 is 4.79 Å². The number of aliphatic hydroxyl groups is 9. The van der Waals surface area contributed by atoms with Crippen LogP contribution >= 0.6 is 0 Å². The molecule has 7 aliphatic rings. The van der Waals surface area contributed by atoms with E-state index in [4.69, 9.17) is 34.2 Å². The molecule has 3 saturated heterocycles. The van der Waals surface area contributed by atoms with Crippen LogP contribution in [0, 0.1) is 50.7 Å². The van der Waals surface area contributed by atoms with Crippen LogP contribution in [0.4, 0.5) is 0 Å². The molecule has 0 radical (unpaired) electrons. The van der Waals surface area contributed by atoms with Crippen molar-refractivity contribution in [2.45, 2.75) is 237 Å². The summed E-state index contributed by atoms with van der Waals surface area (Å²) in [5.74, 6) is -2.95. The Morgan fingerprint density at radius 2 is 1.52 bits per heavy atom. The van der Waals surface area contributed by atoms with E-state index < -0.39 is 140 Å². The Bertz CT molecular complexity index is 1980. The molecule has 7 rings (SSSR count). The molecule has 7 fully saturated rings. The maximum absolute atomic E-state index is 15.5. The maximum Gasteiger partial charge on any atom is 0.317 e. The van der Waals surface area contributed by atoms with E-state index in [0.717, 1.165) is 37.5 Å². The van der Waals surface area contributed by atoms with Crippen LogP contribution in [0.2, 0.25) is 0 Å². The van der Waals surface area contributed by atoms with E-state index in [2.05, 4.69) is 46.0 Å². The second-order valence-electron chi connectivity index (χ2n) is 25.0. The highest BCUT2D eigenvalue weighted by Gasteiger charge is 2.64. The summed E-state index contributed by atoms with van der Waals surface area (Å²) >= 11 is 0. The van der Waals surface area contributed by atoms with Gasteiger partial charge in [-0.05, 0) is 125 Å². The predicted molar refractivity (Wildman–Crippen MR) is 269 cm³/mol. The number of carbonyl (C=O) groups is 3. The van der Waals surface area contributed by atoms with Crippen molar-refractivity contribution < 1.29 is 88.8 Å². The molecule has 20 nitrogen and oxygen atoms in total. The number of amides is 1. The lowest BCUT2D eigenvalue weighted by Crippen LogP contribution is -2.68. The number of aliphatic hydroxyl groups excluding tert-OH is 9. The van der Waals surface area contributed by atoms with E-state index in [1.54, 1.807) is 0 Å². The van der Waals surface area contributed by atoms with E-state index in [1.807, 2.05) is 6.92 Å². The van der Waals surface area contributed by atoms with E-state index in [9.17, 15) is 55.5 Å². The number of hydrogen-bond donors (Lipinski definition) is 11. The van der Waals surface area contributed by atoms with Gasteiger partial charge in [0.1, 0.15) is 48.3 Å². The van der Waals surface area contributed by atoms with Gasteiger partial charge in [0.05, 0.1) is 61.6 Å². The highest BCUT2D eigenvalue weighted by atomic mass is 16.8. The van der Waals surface area contributed by atoms with Gasteiger partial charge in [-0.3, -0.25) is 9.59 Å². The third-order valence-electron chi connectivity index (χ3n) is 20.0. The molecule has 23 atom stereocenters. The summed E-state index contributed by atoms with van der Waals surface area (Å²) in [5, 5.41) is 103.